The lowest BCUT2D eigenvalue weighted by molar-refractivity contribution is -0.114. The van der Waals surface area contributed by atoms with Gasteiger partial charge in [-0.25, -0.2) is 0 Å². The Hall–Kier alpha value is -3.99. The third kappa shape index (κ3) is 6.36. The molecule has 4 rings (SSSR count). The van der Waals surface area contributed by atoms with E-state index < -0.39 is 5.92 Å². The van der Waals surface area contributed by atoms with E-state index in [-0.39, 0.29) is 17.6 Å². The highest BCUT2D eigenvalue weighted by Gasteiger charge is 2.36. The minimum absolute atomic E-state index is 0.0777. The zero-order valence-corrected chi connectivity index (χ0v) is 23.8. The van der Waals surface area contributed by atoms with Gasteiger partial charge in [-0.05, 0) is 62.6 Å². The molecule has 0 aliphatic carbocycles. The highest BCUT2D eigenvalue weighted by molar-refractivity contribution is 8.03. The van der Waals surface area contributed by atoms with Gasteiger partial charge in [0.05, 0.1) is 28.3 Å². The monoisotopic (exact) mass is 556 g/mol. The first-order valence-corrected chi connectivity index (χ1v) is 13.8. The number of carbonyl (C=O) groups excluding carboxylic acids is 2. The molecule has 1 unspecified atom stereocenters. The number of nitrogens with one attached hydrogen (secondary N) is 3. The average molecular weight is 557 g/mol. The molecule has 0 spiro atoms. The predicted octanol–water partition coefficient (Wildman–Crippen LogP) is 6.97. The maximum absolute atomic E-state index is 13.5. The number of hydrogen-bond acceptors (Lipinski definition) is 5. The number of anilines is 2. The lowest BCUT2D eigenvalue weighted by Crippen LogP contribution is -2.31. The Kier molecular flexibility index (Phi) is 8.80. The molecule has 39 heavy (non-hydrogen) atoms. The second-order valence-electron chi connectivity index (χ2n) is 9.40. The summed E-state index contributed by atoms with van der Waals surface area (Å²) in [6.45, 7) is 7.74. The first-order valence-electron chi connectivity index (χ1n) is 12.4. The summed E-state index contributed by atoms with van der Waals surface area (Å²) in [5.74, 6) is -1.16. The topological polar surface area (TPSA) is 94.0 Å². The van der Waals surface area contributed by atoms with E-state index in [4.69, 9.17) is 11.6 Å². The van der Waals surface area contributed by atoms with E-state index >= 15 is 0 Å². The molecule has 1 heterocycles. The van der Waals surface area contributed by atoms with Crippen LogP contribution in [0.2, 0.25) is 5.02 Å². The third-order valence-electron chi connectivity index (χ3n) is 6.43. The minimum atomic E-state index is -0.708. The van der Waals surface area contributed by atoms with Crippen molar-refractivity contribution < 1.29 is 9.59 Å². The van der Waals surface area contributed by atoms with Crippen LogP contribution in [0.3, 0.4) is 0 Å². The first kappa shape index (κ1) is 28.0. The maximum Gasteiger partial charge on any atom is 0.254 e. The van der Waals surface area contributed by atoms with E-state index in [1.54, 1.807) is 31.2 Å². The number of halogens is 1. The number of dihydropyridines is 1. The molecule has 3 aromatic carbocycles. The van der Waals surface area contributed by atoms with E-state index in [1.165, 1.54) is 11.8 Å². The van der Waals surface area contributed by atoms with Crippen LogP contribution in [0, 0.1) is 32.1 Å². The van der Waals surface area contributed by atoms with Crippen LogP contribution < -0.4 is 16.0 Å². The minimum Gasteiger partial charge on any atom is -0.353 e. The summed E-state index contributed by atoms with van der Waals surface area (Å²) in [5, 5.41) is 20.4. The molecule has 6 nitrogen and oxygen atoms in total. The zero-order chi connectivity index (χ0) is 28.1. The molecule has 1 aliphatic heterocycles. The molecule has 0 radical (unpaired) electrons. The fourth-order valence-corrected chi connectivity index (χ4v) is 5.89. The van der Waals surface area contributed by atoms with E-state index in [0.29, 0.717) is 38.1 Å². The van der Waals surface area contributed by atoms with Crippen LogP contribution >= 0.6 is 23.4 Å². The number of hydrogen-bond donors (Lipinski definition) is 3. The smallest absolute Gasteiger partial charge is 0.254 e. The number of thioether (sulfide) groups is 1. The fraction of sp³-hybridized carbons (Fsp3) is 0.194. The van der Waals surface area contributed by atoms with Crippen molar-refractivity contribution in [1.82, 2.24) is 5.32 Å². The SMILES string of the molecule is CC1=C(C(=O)Nc2ccccc2)C(c2ccccc2Cl)C(C#N)=C(SCC(=O)Nc2c(C)cc(C)cc2C)N1. The fourth-order valence-electron chi connectivity index (χ4n) is 4.76. The van der Waals surface area contributed by atoms with Gasteiger partial charge in [0.1, 0.15) is 0 Å². The molecule has 1 atom stereocenters. The summed E-state index contributed by atoms with van der Waals surface area (Å²) < 4.78 is 0. The number of amides is 2. The van der Waals surface area contributed by atoms with Gasteiger partial charge in [-0.1, -0.05) is 77.5 Å². The molecule has 0 saturated heterocycles. The number of nitrogens with zero attached hydrogens (tertiary/aromatic N) is 1. The van der Waals surface area contributed by atoms with Gasteiger partial charge < -0.3 is 16.0 Å². The van der Waals surface area contributed by atoms with E-state index in [0.717, 1.165) is 22.4 Å². The van der Waals surface area contributed by atoms with Crippen LogP contribution in [-0.4, -0.2) is 17.6 Å². The highest BCUT2D eigenvalue weighted by atomic mass is 35.5. The summed E-state index contributed by atoms with van der Waals surface area (Å²) >= 11 is 7.81. The number of nitriles is 1. The summed E-state index contributed by atoms with van der Waals surface area (Å²) in [4.78, 5) is 26.5. The lowest BCUT2D eigenvalue weighted by Gasteiger charge is -2.30. The predicted molar refractivity (Wildman–Crippen MR) is 159 cm³/mol. The van der Waals surface area contributed by atoms with Crippen molar-refractivity contribution in [1.29, 1.82) is 5.26 Å². The van der Waals surface area contributed by atoms with Crippen LogP contribution in [0.25, 0.3) is 0 Å². The normalized spacial score (nSPS) is 14.9. The molecule has 8 heteroatoms. The summed E-state index contributed by atoms with van der Waals surface area (Å²) in [5.41, 5.74) is 6.49. The van der Waals surface area contributed by atoms with Gasteiger partial charge in [-0.2, -0.15) is 5.26 Å². The molecule has 2 amide bonds. The van der Waals surface area contributed by atoms with Crippen LogP contribution in [0.4, 0.5) is 11.4 Å². The largest absolute Gasteiger partial charge is 0.353 e. The number of aryl methyl sites for hydroxylation is 3. The molecule has 3 aromatic rings. The Morgan fingerprint density at radius 3 is 2.26 bits per heavy atom. The molecule has 198 valence electrons. The Balaban J connectivity index is 1.64. The Morgan fingerprint density at radius 2 is 1.62 bits per heavy atom. The Bertz CT molecular complexity index is 1520. The van der Waals surface area contributed by atoms with Gasteiger partial charge in [0, 0.05) is 27.7 Å². The Morgan fingerprint density at radius 1 is 0.974 bits per heavy atom. The van der Waals surface area contributed by atoms with E-state index in [1.807, 2.05) is 63.2 Å². The molecular formula is C31H29ClN4O2S. The summed E-state index contributed by atoms with van der Waals surface area (Å²) in [7, 11) is 0. The van der Waals surface area contributed by atoms with Crippen molar-refractivity contribution in [3.05, 3.63) is 116 Å². The van der Waals surface area contributed by atoms with Crippen LogP contribution in [0.15, 0.2) is 88.6 Å². The van der Waals surface area contributed by atoms with Crippen LogP contribution in [-0.2, 0) is 9.59 Å². The number of rotatable bonds is 7. The van der Waals surface area contributed by atoms with Crippen molar-refractivity contribution >= 4 is 46.6 Å². The number of carbonyl (C=O) groups is 2. The van der Waals surface area contributed by atoms with Gasteiger partial charge in [0.15, 0.2) is 0 Å². The van der Waals surface area contributed by atoms with Crippen molar-refractivity contribution in [2.45, 2.75) is 33.6 Å². The van der Waals surface area contributed by atoms with Crippen molar-refractivity contribution in [2.24, 2.45) is 0 Å². The molecule has 0 saturated carbocycles. The molecule has 1 aliphatic rings. The van der Waals surface area contributed by atoms with Crippen LogP contribution in [0.1, 0.15) is 35.1 Å². The number of para-hydroxylation sites is 1. The van der Waals surface area contributed by atoms with Gasteiger partial charge in [0.25, 0.3) is 5.91 Å². The number of allylic oxidation sites excluding steroid dienone is 2. The van der Waals surface area contributed by atoms with Gasteiger partial charge >= 0.3 is 0 Å². The summed E-state index contributed by atoms with van der Waals surface area (Å²) in [6.07, 6.45) is 0. The maximum atomic E-state index is 13.5. The molecule has 0 bridgehead atoms. The quantitative estimate of drug-likeness (QED) is 0.292. The standard InChI is InChI=1S/C31H29ClN4O2S/c1-18-14-19(2)29(20(3)15-18)36-26(37)17-39-31-24(16-33)28(23-12-8-9-13-25(23)32)27(21(4)34-31)30(38)35-22-10-6-5-7-11-22/h5-15,28,34H,17H2,1-4H3,(H,35,38)(H,36,37). The van der Waals surface area contributed by atoms with Crippen molar-refractivity contribution in [2.75, 3.05) is 16.4 Å². The molecule has 0 fully saturated rings. The highest BCUT2D eigenvalue weighted by Crippen LogP contribution is 2.43. The third-order valence-corrected chi connectivity index (χ3v) is 7.79. The summed E-state index contributed by atoms with van der Waals surface area (Å²) in [6, 6.07) is 22.7. The van der Waals surface area contributed by atoms with Crippen LogP contribution in [0.5, 0.6) is 0 Å². The second kappa shape index (κ2) is 12.2. The van der Waals surface area contributed by atoms with Gasteiger partial charge in [0.2, 0.25) is 5.91 Å². The zero-order valence-electron chi connectivity index (χ0n) is 22.2. The van der Waals surface area contributed by atoms with E-state index in [9.17, 15) is 14.9 Å². The molecule has 0 aromatic heterocycles. The van der Waals surface area contributed by atoms with Crippen molar-refractivity contribution in [3.8, 4) is 6.07 Å². The second-order valence-corrected chi connectivity index (χ2v) is 10.8. The van der Waals surface area contributed by atoms with E-state index in [2.05, 4.69) is 22.0 Å². The lowest BCUT2D eigenvalue weighted by atomic mass is 9.82. The average Bonchev–Trinajstić information content (AvgIpc) is 2.90. The number of benzene rings is 3. The molecule has 3 N–H and O–H groups in total. The van der Waals surface area contributed by atoms with Crippen molar-refractivity contribution in [3.63, 3.8) is 0 Å². The van der Waals surface area contributed by atoms with Gasteiger partial charge in [-0.3, -0.25) is 9.59 Å². The molecular weight excluding hydrogens is 528 g/mol. The Labute approximate surface area is 238 Å². The first-order chi connectivity index (χ1) is 18.7. The van der Waals surface area contributed by atoms with Gasteiger partial charge in [-0.15, -0.1) is 0 Å².